The third kappa shape index (κ3) is 14.1. The Bertz CT molecular complexity index is 1480. The van der Waals surface area contributed by atoms with Crippen molar-refractivity contribution in [2.75, 3.05) is 40.6 Å². The van der Waals surface area contributed by atoms with E-state index in [-0.39, 0.29) is 23.8 Å². The van der Waals surface area contributed by atoms with Gasteiger partial charge in [-0.15, -0.1) is 6.42 Å². The van der Waals surface area contributed by atoms with Crippen LogP contribution in [0.15, 0.2) is 48.5 Å². The fourth-order valence-electron chi connectivity index (χ4n) is 3.48. The fourth-order valence-corrected chi connectivity index (χ4v) is 3.70. The Labute approximate surface area is 274 Å². The average Bonchev–Trinajstić information content (AvgIpc) is 3.04. The average molecular weight is 678 g/mol. The number of esters is 2. The Morgan fingerprint density at radius 3 is 1.49 bits per heavy atom. The molecule has 0 radical (unpaired) electrons. The van der Waals surface area contributed by atoms with Crippen molar-refractivity contribution < 1.29 is 38.0 Å². The van der Waals surface area contributed by atoms with E-state index in [0.29, 0.717) is 37.6 Å². The van der Waals surface area contributed by atoms with Crippen LogP contribution < -0.4 is 0 Å². The van der Waals surface area contributed by atoms with E-state index in [0.717, 1.165) is 11.1 Å². The molecule has 9 heteroatoms. The molecule has 2 aliphatic heterocycles. The maximum atomic E-state index is 11.3. The summed E-state index contributed by atoms with van der Waals surface area (Å²) in [6, 6.07) is 13.8. The number of hydrogen-bond acceptors (Lipinski definition) is 8. The second-order valence-electron chi connectivity index (χ2n) is 10.5. The summed E-state index contributed by atoms with van der Waals surface area (Å²) < 4.78 is 30.8. The lowest BCUT2D eigenvalue weighted by atomic mass is 10.1. The van der Waals surface area contributed by atoms with Gasteiger partial charge in [-0.2, -0.15) is 0 Å². The van der Waals surface area contributed by atoms with Crippen molar-refractivity contribution in [3.63, 3.8) is 0 Å². The Morgan fingerprint density at radius 1 is 0.711 bits per heavy atom. The number of benzene rings is 2. The first-order valence-corrected chi connectivity index (χ1v) is 14.7. The molecule has 0 atom stereocenters. The second kappa shape index (κ2) is 18.7. The number of methoxy groups -OCH3 is 2. The molecule has 2 saturated heterocycles. The summed E-state index contributed by atoms with van der Waals surface area (Å²) in [5.41, 5.74) is 2.67. The molecule has 0 saturated carbocycles. The number of hydrogen-bond donors (Lipinski definition) is 0. The molecule has 4 rings (SSSR count). The smallest absolute Gasteiger partial charge is 0.337 e. The molecule has 2 aromatic carbocycles. The van der Waals surface area contributed by atoms with Crippen LogP contribution in [0.4, 0.5) is 0 Å². The number of halogens is 1. The van der Waals surface area contributed by atoms with Gasteiger partial charge in [-0.3, -0.25) is 0 Å². The van der Waals surface area contributed by atoms with Gasteiger partial charge in [-0.1, -0.05) is 23.7 Å². The second-order valence-corrected chi connectivity index (χ2v) is 10.9. The number of ether oxygens (including phenoxy) is 6. The minimum absolute atomic E-state index is 0.0454. The van der Waals surface area contributed by atoms with E-state index in [2.05, 4.69) is 65.8 Å². The van der Waals surface area contributed by atoms with Crippen LogP contribution in [0.5, 0.6) is 0 Å². The predicted octanol–water partition coefficient (Wildman–Crippen LogP) is 5.42. The van der Waals surface area contributed by atoms with Gasteiger partial charge in [0.1, 0.15) is 0 Å². The van der Waals surface area contributed by atoms with Crippen LogP contribution in [0, 0.1) is 58.6 Å². The van der Waals surface area contributed by atoms with Crippen LogP contribution >= 0.6 is 15.9 Å². The molecule has 236 valence electrons. The normalized spacial score (nSPS) is 16.3. The Balaban J connectivity index is 0.000000259. The topological polar surface area (TPSA) is 89.5 Å². The zero-order chi connectivity index (χ0) is 33.3. The predicted molar refractivity (Wildman–Crippen MR) is 174 cm³/mol. The van der Waals surface area contributed by atoms with Crippen LogP contribution in [0.1, 0.15) is 59.5 Å². The van der Waals surface area contributed by atoms with E-state index in [1.165, 1.54) is 14.2 Å². The number of terminal acetylenes is 1. The minimum atomic E-state index is -0.523. The van der Waals surface area contributed by atoms with Crippen molar-refractivity contribution in [2.45, 2.75) is 39.3 Å². The van der Waals surface area contributed by atoms with Gasteiger partial charge in [-0.05, 0) is 92.9 Å². The molecule has 0 N–H and O–H groups in total. The third-order valence-corrected chi connectivity index (χ3v) is 6.31. The first-order valence-electron chi connectivity index (χ1n) is 13.9. The van der Waals surface area contributed by atoms with Gasteiger partial charge in [-0.25, -0.2) is 9.59 Å². The lowest BCUT2D eigenvalue weighted by Crippen LogP contribution is -2.38. The molecule has 0 aromatic heterocycles. The van der Waals surface area contributed by atoms with Gasteiger partial charge in [0.05, 0.1) is 63.6 Å². The van der Waals surface area contributed by atoms with E-state index in [1.54, 1.807) is 48.5 Å². The van der Waals surface area contributed by atoms with Crippen molar-refractivity contribution in [3.05, 3.63) is 70.8 Å². The van der Waals surface area contributed by atoms with Crippen LogP contribution in [0.3, 0.4) is 0 Å². The maximum Gasteiger partial charge on any atom is 0.337 e. The van der Waals surface area contributed by atoms with Crippen LogP contribution in [-0.4, -0.2) is 64.2 Å². The zero-order valence-electron chi connectivity index (χ0n) is 26.3. The van der Waals surface area contributed by atoms with E-state index < -0.39 is 11.6 Å². The monoisotopic (exact) mass is 676 g/mol. The van der Waals surface area contributed by atoms with Gasteiger partial charge in [0.2, 0.25) is 0 Å². The Kier molecular flexibility index (Phi) is 15.4. The number of carbonyl (C=O) groups is 2. The largest absolute Gasteiger partial charge is 0.465 e. The maximum absolute atomic E-state index is 11.3. The van der Waals surface area contributed by atoms with Gasteiger partial charge < -0.3 is 28.4 Å². The van der Waals surface area contributed by atoms with Crippen LogP contribution in [-0.2, 0) is 28.4 Å². The van der Waals surface area contributed by atoms with Gasteiger partial charge in [0.15, 0.2) is 11.6 Å². The molecule has 8 nitrogen and oxygen atoms in total. The van der Waals surface area contributed by atoms with E-state index in [4.69, 9.17) is 25.4 Å². The molecular formula is C36H37BrO8. The van der Waals surface area contributed by atoms with Crippen LogP contribution in [0.25, 0.3) is 0 Å². The summed E-state index contributed by atoms with van der Waals surface area (Å²) in [4.78, 5) is 24.9. The molecule has 2 aliphatic rings. The zero-order valence-corrected chi connectivity index (χ0v) is 27.9. The summed E-state index contributed by atoms with van der Waals surface area (Å²) >= 11 is 2.99. The van der Waals surface area contributed by atoms with Gasteiger partial charge in [0, 0.05) is 27.1 Å². The van der Waals surface area contributed by atoms with Crippen molar-refractivity contribution in [3.8, 4) is 46.8 Å². The molecule has 45 heavy (non-hydrogen) atoms. The van der Waals surface area contributed by atoms with Gasteiger partial charge in [0.25, 0.3) is 0 Å². The lowest BCUT2D eigenvalue weighted by molar-refractivity contribution is -0.255. The minimum Gasteiger partial charge on any atom is -0.465 e. The Hall–Kier alpha value is -4.06. The summed E-state index contributed by atoms with van der Waals surface area (Å²) in [5.74, 6) is 15.5. The first-order chi connectivity index (χ1) is 21.4. The summed E-state index contributed by atoms with van der Waals surface area (Å²) in [7, 11) is 2.71. The van der Waals surface area contributed by atoms with Crippen molar-refractivity contribution in [2.24, 2.45) is 11.8 Å². The van der Waals surface area contributed by atoms with Crippen molar-refractivity contribution in [1.29, 1.82) is 0 Å². The highest BCUT2D eigenvalue weighted by molar-refractivity contribution is 9.12. The summed E-state index contributed by atoms with van der Waals surface area (Å²) in [5, 5.41) is 0. The highest BCUT2D eigenvalue weighted by Gasteiger charge is 2.27. The number of rotatable bonds is 2. The van der Waals surface area contributed by atoms with Crippen LogP contribution in [0.2, 0.25) is 0 Å². The highest BCUT2D eigenvalue weighted by atomic mass is 79.9. The molecule has 0 spiro atoms. The van der Waals surface area contributed by atoms with Crippen molar-refractivity contribution >= 4 is 27.9 Å². The molecule has 0 unspecified atom stereocenters. The molecule has 0 bridgehead atoms. The SMILES string of the molecule is C#CC1COC(C)(C)OC1.COC(=O)c1ccc(C#CBr)cc1.COC(=O)c1ccc(C#CC#CC2COC(C)(C)OC2)cc1. The molecule has 0 aliphatic carbocycles. The summed E-state index contributed by atoms with van der Waals surface area (Å²) in [6.45, 7) is 9.88. The molecule has 0 amide bonds. The molecule has 2 heterocycles. The Morgan fingerprint density at radius 2 is 1.11 bits per heavy atom. The van der Waals surface area contributed by atoms with Crippen molar-refractivity contribution in [1.82, 2.24) is 0 Å². The van der Waals surface area contributed by atoms with Gasteiger partial charge >= 0.3 is 11.9 Å². The fraction of sp³-hybridized carbons (Fsp3) is 0.389. The molecule has 2 fully saturated rings. The number of carbonyl (C=O) groups excluding carboxylic acids is 2. The quantitative estimate of drug-likeness (QED) is 0.308. The molecular weight excluding hydrogens is 640 g/mol. The highest BCUT2D eigenvalue weighted by Crippen LogP contribution is 2.20. The van der Waals surface area contributed by atoms with E-state index in [9.17, 15) is 9.59 Å². The molecule has 2 aromatic rings. The lowest BCUT2D eigenvalue weighted by Gasteiger charge is -2.32. The van der Waals surface area contributed by atoms with E-state index in [1.807, 2.05) is 27.7 Å². The summed E-state index contributed by atoms with van der Waals surface area (Å²) in [6.07, 6.45) is 5.18. The first kappa shape index (κ1) is 37.1. The van der Waals surface area contributed by atoms with E-state index >= 15 is 0 Å². The third-order valence-electron chi connectivity index (χ3n) is 6.11. The standard InChI is InChI=1S/C18H18O4.C10H7BrO2.C8H12O2/c1-18(2)21-12-15(13-22-18)7-5-4-6-14-8-10-16(11-9-14)17(19)20-3;1-13-10(12)9-4-2-8(3-5-9)6-7-11;1-4-7-5-9-8(2,3)10-6-7/h8-11,15H,12-13H2,1-3H3;2-5H,1H3;1,7H,5-6H2,2-3H3.